The fourth-order valence-electron chi connectivity index (χ4n) is 3.55. The summed E-state index contributed by atoms with van der Waals surface area (Å²) in [6, 6.07) is 4.01. The van der Waals surface area contributed by atoms with Crippen LogP contribution in [0.25, 0.3) is 0 Å². The average Bonchev–Trinajstić information content (AvgIpc) is 2.63. The van der Waals surface area contributed by atoms with Crippen LogP contribution in [0.15, 0.2) is 18.2 Å². The first-order chi connectivity index (χ1) is 11.6. The maximum Gasteiger partial charge on any atom is 0.254 e. The average molecular weight is 353 g/mol. The summed E-state index contributed by atoms with van der Waals surface area (Å²) in [7, 11) is 0. The van der Waals surface area contributed by atoms with Crippen molar-refractivity contribution in [1.82, 2.24) is 9.80 Å². The van der Waals surface area contributed by atoms with E-state index in [9.17, 15) is 14.0 Å². The summed E-state index contributed by atoms with van der Waals surface area (Å²) in [6.45, 7) is 2.14. The molecule has 1 saturated carbocycles. The van der Waals surface area contributed by atoms with Crippen LogP contribution in [-0.2, 0) is 4.79 Å². The molecule has 2 fully saturated rings. The zero-order chi connectivity index (χ0) is 17.1. The van der Waals surface area contributed by atoms with Gasteiger partial charge < -0.3 is 9.80 Å². The van der Waals surface area contributed by atoms with Gasteiger partial charge in [-0.25, -0.2) is 4.39 Å². The largest absolute Gasteiger partial charge is 0.339 e. The van der Waals surface area contributed by atoms with Crippen LogP contribution >= 0.6 is 11.6 Å². The number of halogens is 2. The Labute approximate surface area is 146 Å². The van der Waals surface area contributed by atoms with Gasteiger partial charge >= 0.3 is 0 Å². The van der Waals surface area contributed by atoms with Gasteiger partial charge in [-0.1, -0.05) is 30.9 Å². The Kier molecular flexibility index (Phi) is 5.39. The molecule has 1 aliphatic heterocycles. The van der Waals surface area contributed by atoms with E-state index in [2.05, 4.69) is 0 Å². The Morgan fingerprint density at radius 3 is 2.25 bits per heavy atom. The third kappa shape index (κ3) is 3.72. The molecular weight excluding hydrogens is 331 g/mol. The Morgan fingerprint density at radius 2 is 1.62 bits per heavy atom. The highest BCUT2D eigenvalue weighted by molar-refractivity contribution is 6.31. The molecule has 0 N–H and O–H groups in total. The van der Waals surface area contributed by atoms with E-state index in [1.165, 1.54) is 24.6 Å². The highest BCUT2D eigenvalue weighted by atomic mass is 35.5. The second-order valence-corrected chi connectivity index (χ2v) is 6.99. The quantitative estimate of drug-likeness (QED) is 0.819. The van der Waals surface area contributed by atoms with Crippen LogP contribution in [0.1, 0.15) is 42.5 Å². The zero-order valence-electron chi connectivity index (χ0n) is 13.6. The third-order valence-electron chi connectivity index (χ3n) is 5.00. The predicted octanol–water partition coefficient (Wildman–Crippen LogP) is 3.34. The second-order valence-electron chi connectivity index (χ2n) is 6.58. The van der Waals surface area contributed by atoms with Gasteiger partial charge in [0, 0.05) is 37.7 Å². The van der Waals surface area contributed by atoms with Gasteiger partial charge in [-0.05, 0) is 31.0 Å². The smallest absolute Gasteiger partial charge is 0.254 e. The molecule has 2 aliphatic rings. The molecule has 6 heteroatoms. The first-order valence-electron chi connectivity index (χ1n) is 8.59. The molecule has 130 valence electrons. The number of hydrogen-bond donors (Lipinski definition) is 0. The lowest BCUT2D eigenvalue weighted by Gasteiger charge is -2.37. The normalized spacial score (nSPS) is 19.4. The van der Waals surface area contributed by atoms with Crippen LogP contribution in [0.2, 0.25) is 5.02 Å². The van der Waals surface area contributed by atoms with Crippen LogP contribution in [0.4, 0.5) is 4.39 Å². The van der Waals surface area contributed by atoms with E-state index in [0.29, 0.717) is 31.7 Å². The van der Waals surface area contributed by atoms with E-state index in [1.54, 1.807) is 4.90 Å². The van der Waals surface area contributed by atoms with Crippen molar-refractivity contribution in [2.24, 2.45) is 5.92 Å². The third-order valence-corrected chi connectivity index (χ3v) is 5.29. The molecule has 0 bridgehead atoms. The molecule has 2 amide bonds. The highest BCUT2D eigenvalue weighted by Gasteiger charge is 2.30. The lowest BCUT2D eigenvalue weighted by molar-refractivity contribution is -0.138. The molecule has 1 aliphatic carbocycles. The van der Waals surface area contributed by atoms with Gasteiger partial charge in [-0.2, -0.15) is 0 Å². The summed E-state index contributed by atoms with van der Waals surface area (Å²) in [5.41, 5.74) is 0.383. The number of benzene rings is 1. The number of hydrogen-bond acceptors (Lipinski definition) is 2. The van der Waals surface area contributed by atoms with Crippen molar-refractivity contribution in [3.8, 4) is 0 Å². The summed E-state index contributed by atoms with van der Waals surface area (Å²) in [5, 5.41) is -0.0491. The summed E-state index contributed by atoms with van der Waals surface area (Å²) >= 11 is 5.75. The van der Waals surface area contributed by atoms with Crippen molar-refractivity contribution in [3.05, 3.63) is 34.6 Å². The minimum Gasteiger partial charge on any atom is -0.339 e. The van der Waals surface area contributed by atoms with Crippen LogP contribution in [-0.4, -0.2) is 47.8 Å². The molecule has 0 aromatic heterocycles. The van der Waals surface area contributed by atoms with Gasteiger partial charge in [0.25, 0.3) is 5.91 Å². The second kappa shape index (κ2) is 7.51. The molecule has 4 nitrogen and oxygen atoms in total. The maximum atomic E-state index is 13.2. The summed E-state index contributed by atoms with van der Waals surface area (Å²) in [5.74, 6) is -0.290. The van der Waals surface area contributed by atoms with Crippen molar-refractivity contribution in [2.75, 3.05) is 26.2 Å². The lowest BCUT2D eigenvalue weighted by Crippen LogP contribution is -2.52. The number of nitrogens with zero attached hydrogens (tertiary/aromatic N) is 2. The van der Waals surface area contributed by atoms with Crippen molar-refractivity contribution in [1.29, 1.82) is 0 Å². The molecule has 0 unspecified atom stereocenters. The predicted molar refractivity (Wildman–Crippen MR) is 90.5 cm³/mol. The first kappa shape index (κ1) is 17.2. The van der Waals surface area contributed by atoms with Crippen LogP contribution < -0.4 is 0 Å². The Bertz CT molecular complexity index is 623. The van der Waals surface area contributed by atoms with Gasteiger partial charge in [-0.15, -0.1) is 0 Å². The van der Waals surface area contributed by atoms with Crippen molar-refractivity contribution in [2.45, 2.75) is 32.1 Å². The van der Waals surface area contributed by atoms with E-state index in [1.807, 2.05) is 4.90 Å². The number of amides is 2. The molecule has 1 heterocycles. The van der Waals surface area contributed by atoms with E-state index in [4.69, 9.17) is 11.6 Å². The minimum absolute atomic E-state index is 0.0491. The molecule has 0 spiro atoms. The van der Waals surface area contributed by atoms with Gasteiger partial charge in [0.2, 0.25) is 5.91 Å². The summed E-state index contributed by atoms with van der Waals surface area (Å²) < 4.78 is 13.2. The van der Waals surface area contributed by atoms with Crippen LogP contribution in [0.5, 0.6) is 0 Å². The molecule has 1 aromatic carbocycles. The molecule has 3 rings (SSSR count). The van der Waals surface area contributed by atoms with Gasteiger partial charge in [0.15, 0.2) is 0 Å². The molecule has 1 saturated heterocycles. The van der Waals surface area contributed by atoms with Crippen molar-refractivity contribution < 1.29 is 14.0 Å². The number of carbonyl (C=O) groups is 2. The van der Waals surface area contributed by atoms with Crippen molar-refractivity contribution >= 4 is 23.4 Å². The highest BCUT2D eigenvalue weighted by Crippen LogP contribution is 2.26. The fraction of sp³-hybridized carbons (Fsp3) is 0.556. The lowest BCUT2D eigenvalue weighted by atomic mass is 9.88. The summed E-state index contributed by atoms with van der Waals surface area (Å²) in [6.07, 6.45) is 5.49. The topological polar surface area (TPSA) is 40.6 Å². The maximum absolute atomic E-state index is 13.2. The molecule has 0 atom stereocenters. The summed E-state index contributed by atoms with van der Waals surface area (Å²) in [4.78, 5) is 28.6. The van der Waals surface area contributed by atoms with Crippen LogP contribution in [0, 0.1) is 11.7 Å². The fourth-order valence-corrected chi connectivity index (χ4v) is 3.73. The van der Waals surface area contributed by atoms with E-state index >= 15 is 0 Å². The van der Waals surface area contributed by atoms with Crippen LogP contribution in [0.3, 0.4) is 0 Å². The monoisotopic (exact) mass is 352 g/mol. The Balaban J connectivity index is 1.57. The first-order valence-corrected chi connectivity index (χ1v) is 8.97. The van der Waals surface area contributed by atoms with Gasteiger partial charge in [0.1, 0.15) is 5.82 Å². The Hall–Kier alpha value is -1.62. The van der Waals surface area contributed by atoms with E-state index in [-0.39, 0.29) is 22.8 Å². The molecular formula is C18H22ClFN2O2. The molecule has 24 heavy (non-hydrogen) atoms. The SMILES string of the molecule is O=C(c1ccc(F)c(Cl)c1)N1CCN(C(=O)C2CCCCC2)CC1. The van der Waals surface area contributed by atoms with E-state index < -0.39 is 5.82 Å². The van der Waals surface area contributed by atoms with E-state index in [0.717, 1.165) is 25.7 Å². The van der Waals surface area contributed by atoms with Gasteiger partial charge in [0.05, 0.1) is 5.02 Å². The minimum atomic E-state index is -0.531. The van der Waals surface area contributed by atoms with Gasteiger partial charge in [-0.3, -0.25) is 9.59 Å². The molecule has 0 radical (unpaired) electrons. The van der Waals surface area contributed by atoms with Crippen molar-refractivity contribution in [3.63, 3.8) is 0 Å². The zero-order valence-corrected chi connectivity index (χ0v) is 14.4. The Morgan fingerprint density at radius 1 is 1.00 bits per heavy atom. The number of carbonyl (C=O) groups excluding carboxylic acids is 2. The molecule has 1 aromatic rings. The number of piperazine rings is 1. The standard InChI is InChI=1S/C18H22ClFN2O2/c19-15-12-14(6-7-16(15)20)18(24)22-10-8-21(9-11-22)17(23)13-4-2-1-3-5-13/h6-7,12-13H,1-5,8-11H2. The number of rotatable bonds is 2.